The molecular weight excluding hydrogens is 312 g/mol. The number of hydrogen-bond acceptors (Lipinski definition) is 3. The van der Waals surface area contributed by atoms with Crippen molar-refractivity contribution in [2.24, 2.45) is 5.92 Å². The van der Waals surface area contributed by atoms with Gasteiger partial charge in [0, 0.05) is 0 Å². The maximum atomic E-state index is 11.8. The Labute approximate surface area is 150 Å². The molecule has 0 radical (unpaired) electrons. The van der Waals surface area contributed by atoms with Crippen LogP contribution in [0.4, 0.5) is 0 Å². The highest BCUT2D eigenvalue weighted by molar-refractivity contribution is 5.97. The van der Waals surface area contributed by atoms with Crippen molar-refractivity contribution in [1.29, 1.82) is 0 Å². The Morgan fingerprint density at radius 3 is 2.16 bits per heavy atom. The van der Waals surface area contributed by atoms with Crippen molar-refractivity contribution in [3.63, 3.8) is 0 Å². The quantitative estimate of drug-likeness (QED) is 0.373. The Morgan fingerprint density at radius 2 is 1.56 bits per heavy atom. The lowest BCUT2D eigenvalue weighted by Gasteiger charge is -2.12. The lowest BCUT2D eigenvalue weighted by molar-refractivity contribution is -0.151. The Hall–Kier alpha value is -2.42. The van der Waals surface area contributed by atoms with E-state index in [1.165, 1.54) is 23.6 Å². The summed E-state index contributed by atoms with van der Waals surface area (Å²) in [5.74, 6) is -1.10. The molecule has 0 N–H and O–H groups in total. The monoisotopic (exact) mass is 338 g/mol. The predicted molar refractivity (Wildman–Crippen MR) is 100 cm³/mol. The highest BCUT2D eigenvalue weighted by Gasteiger charge is 2.23. The molecule has 0 heterocycles. The molecule has 0 aliphatic rings. The second kappa shape index (κ2) is 9.77. The van der Waals surface area contributed by atoms with E-state index in [9.17, 15) is 9.59 Å². The smallest absolute Gasteiger partial charge is 0.316 e. The first-order valence-electron chi connectivity index (χ1n) is 8.93. The van der Waals surface area contributed by atoms with Gasteiger partial charge >= 0.3 is 5.97 Å². The predicted octanol–water partition coefficient (Wildman–Crippen LogP) is 4.83. The third kappa shape index (κ3) is 5.86. The number of aryl methyl sites for hydroxylation is 1. The number of Topliss-reactive ketones (excluding diaryl/α,β-unsaturated/α-hetero) is 1. The van der Waals surface area contributed by atoms with Crippen LogP contribution >= 0.6 is 0 Å². The van der Waals surface area contributed by atoms with Gasteiger partial charge in [-0.05, 0) is 49.8 Å². The minimum atomic E-state index is -0.611. The lowest BCUT2D eigenvalue weighted by atomic mass is 9.96. The second-order valence-corrected chi connectivity index (χ2v) is 6.22. The third-order valence-corrected chi connectivity index (χ3v) is 4.33. The van der Waals surface area contributed by atoms with E-state index >= 15 is 0 Å². The Balaban J connectivity index is 1.81. The molecule has 2 aromatic rings. The third-order valence-electron chi connectivity index (χ3n) is 4.33. The molecule has 0 fully saturated rings. The standard InChI is InChI=1S/C22H26O3/c1-3-25-22(24)21(17(2)23)12-8-7-9-18-13-15-20(16-14-18)19-10-5-4-6-11-19/h4-6,10-11,13-16,21H,3,7-9,12H2,1-2H3. The van der Waals surface area contributed by atoms with Gasteiger partial charge in [0.05, 0.1) is 6.61 Å². The van der Waals surface area contributed by atoms with Gasteiger partial charge in [-0.1, -0.05) is 61.0 Å². The number of esters is 1. The van der Waals surface area contributed by atoms with Crippen LogP contribution in [0, 0.1) is 5.92 Å². The summed E-state index contributed by atoms with van der Waals surface area (Å²) in [7, 11) is 0. The van der Waals surface area contributed by atoms with E-state index in [0.29, 0.717) is 13.0 Å². The van der Waals surface area contributed by atoms with Crippen LogP contribution in [0.1, 0.15) is 38.7 Å². The first-order chi connectivity index (χ1) is 12.1. The zero-order valence-electron chi connectivity index (χ0n) is 15.0. The van der Waals surface area contributed by atoms with Crippen molar-refractivity contribution in [2.75, 3.05) is 6.61 Å². The highest BCUT2D eigenvalue weighted by Crippen LogP contribution is 2.20. The average Bonchev–Trinajstić information content (AvgIpc) is 2.62. The largest absolute Gasteiger partial charge is 0.465 e. The Morgan fingerprint density at radius 1 is 0.920 bits per heavy atom. The summed E-state index contributed by atoms with van der Waals surface area (Å²) < 4.78 is 4.98. The van der Waals surface area contributed by atoms with Crippen LogP contribution in [0.2, 0.25) is 0 Å². The molecule has 0 aliphatic heterocycles. The molecule has 25 heavy (non-hydrogen) atoms. The zero-order valence-corrected chi connectivity index (χ0v) is 15.0. The minimum absolute atomic E-state index is 0.106. The van der Waals surface area contributed by atoms with Crippen LogP contribution in [0.15, 0.2) is 54.6 Å². The van der Waals surface area contributed by atoms with Crippen molar-refractivity contribution in [2.45, 2.75) is 39.5 Å². The van der Waals surface area contributed by atoms with Gasteiger partial charge in [-0.2, -0.15) is 0 Å². The van der Waals surface area contributed by atoms with E-state index in [-0.39, 0.29) is 11.8 Å². The fourth-order valence-corrected chi connectivity index (χ4v) is 2.90. The van der Waals surface area contributed by atoms with Crippen molar-refractivity contribution in [3.8, 4) is 11.1 Å². The molecule has 0 bridgehead atoms. The number of unbranched alkanes of at least 4 members (excludes halogenated alkanes) is 1. The number of ketones is 1. The van der Waals surface area contributed by atoms with Gasteiger partial charge in [0.2, 0.25) is 0 Å². The van der Waals surface area contributed by atoms with Crippen molar-refractivity contribution < 1.29 is 14.3 Å². The fraction of sp³-hybridized carbons (Fsp3) is 0.364. The molecule has 0 aliphatic carbocycles. The topological polar surface area (TPSA) is 43.4 Å². The number of benzene rings is 2. The summed E-state index contributed by atoms with van der Waals surface area (Å²) in [6, 6.07) is 18.9. The van der Waals surface area contributed by atoms with Crippen LogP contribution in [-0.2, 0) is 20.7 Å². The SMILES string of the molecule is CCOC(=O)C(CCCCc1ccc(-c2ccccc2)cc1)C(C)=O. The summed E-state index contributed by atoms with van der Waals surface area (Å²) in [6.07, 6.45) is 3.30. The minimum Gasteiger partial charge on any atom is -0.465 e. The van der Waals surface area contributed by atoms with Crippen molar-refractivity contribution >= 4 is 11.8 Å². The van der Waals surface area contributed by atoms with Crippen molar-refractivity contribution in [3.05, 3.63) is 60.2 Å². The van der Waals surface area contributed by atoms with E-state index in [1.807, 2.05) is 18.2 Å². The Bertz CT molecular complexity index is 674. The maximum absolute atomic E-state index is 11.8. The van der Waals surface area contributed by atoms with Gasteiger partial charge in [-0.25, -0.2) is 0 Å². The molecule has 2 aromatic carbocycles. The first-order valence-corrected chi connectivity index (χ1v) is 8.93. The van der Waals surface area contributed by atoms with E-state index in [2.05, 4.69) is 36.4 Å². The van der Waals surface area contributed by atoms with Crippen LogP contribution in [-0.4, -0.2) is 18.4 Å². The van der Waals surface area contributed by atoms with Gasteiger partial charge in [0.15, 0.2) is 0 Å². The molecule has 3 nitrogen and oxygen atoms in total. The highest BCUT2D eigenvalue weighted by atomic mass is 16.5. The number of hydrogen-bond donors (Lipinski definition) is 0. The number of ether oxygens (including phenoxy) is 1. The van der Waals surface area contributed by atoms with Crippen LogP contribution in [0.25, 0.3) is 11.1 Å². The van der Waals surface area contributed by atoms with E-state index in [4.69, 9.17) is 4.74 Å². The second-order valence-electron chi connectivity index (χ2n) is 6.22. The number of carbonyl (C=O) groups excluding carboxylic acids is 2. The molecule has 0 spiro atoms. The molecular formula is C22H26O3. The van der Waals surface area contributed by atoms with Crippen LogP contribution < -0.4 is 0 Å². The molecule has 3 heteroatoms. The molecule has 0 amide bonds. The summed E-state index contributed by atoms with van der Waals surface area (Å²) >= 11 is 0. The average molecular weight is 338 g/mol. The van der Waals surface area contributed by atoms with Gasteiger partial charge in [-0.15, -0.1) is 0 Å². The van der Waals surface area contributed by atoms with Gasteiger partial charge in [-0.3, -0.25) is 9.59 Å². The van der Waals surface area contributed by atoms with E-state index in [0.717, 1.165) is 19.3 Å². The molecule has 0 aromatic heterocycles. The molecule has 1 unspecified atom stereocenters. The van der Waals surface area contributed by atoms with Gasteiger partial charge in [0.25, 0.3) is 0 Å². The summed E-state index contributed by atoms with van der Waals surface area (Å²) in [6.45, 7) is 3.54. The summed E-state index contributed by atoms with van der Waals surface area (Å²) in [5, 5.41) is 0. The first kappa shape index (κ1) is 18.9. The normalized spacial score (nSPS) is 11.8. The molecule has 0 saturated carbocycles. The van der Waals surface area contributed by atoms with E-state index < -0.39 is 5.92 Å². The Kier molecular flexibility index (Phi) is 7.39. The van der Waals surface area contributed by atoms with Gasteiger partial charge < -0.3 is 4.74 Å². The number of carbonyl (C=O) groups is 2. The fourth-order valence-electron chi connectivity index (χ4n) is 2.90. The molecule has 132 valence electrons. The van der Waals surface area contributed by atoms with E-state index in [1.54, 1.807) is 6.92 Å². The zero-order chi connectivity index (χ0) is 18.1. The summed E-state index contributed by atoms with van der Waals surface area (Å²) in [5.41, 5.74) is 3.70. The van der Waals surface area contributed by atoms with Crippen molar-refractivity contribution in [1.82, 2.24) is 0 Å². The molecule has 1 atom stereocenters. The van der Waals surface area contributed by atoms with Crippen LogP contribution in [0.3, 0.4) is 0 Å². The number of rotatable bonds is 9. The van der Waals surface area contributed by atoms with Gasteiger partial charge in [0.1, 0.15) is 11.7 Å². The maximum Gasteiger partial charge on any atom is 0.316 e. The lowest BCUT2D eigenvalue weighted by Crippen LogP contribution is -2.24. The molecule has 2 rings (SSSR count). The molecule has 0 saturated heterocycles. The summed E-state index contributed by atoms with van der Waals surface area (Å²) in [4.78, 5) is 23.4. The van der Waals surface area contributed by atoms with Crippen LogP contribution in [0.5, 0.6) is 0 Å².